The first-order valence-corrected chi connectivity index (χ1v) is 24.0. The van der Waals surface area contributed by atoms with Crippen LogP contribution in [0.25, 0.3) is 88.7 Å². The summed E-state index contributed by atoms with van der Waals surface area (Å²) in [7, 11) is 0. The zero-order valence-corrected chi connectivity index (χ0v) is 39.1. The van der Waals surface area contributed by atoms with Crippen LogP contribution < -0.4 is 16.1 Å². The molecule has 0 spiro atoms. The van der Waals surface area contributed by atoms with Crippen molar-refractivity contribution >= 4 is 49.9 Å². The van der Waals surface area contributed by atoms with E-state index in [1.807, 2.05) is 109 Å². The summed E-state index contributed by atoms with van der Waals surface area (Å²) in [6.07, 6.45) is 0. The molecule has 0 saturated carbocycles. The van der Waals surface area contributed by atoms with Crippen molar-refractivity contribution in [1.82, 2.24) is 9.13 Å². The molecular formula is C65H45N3O3. The molecule has 71 heavy (non-hydrogen) atoms. The van der Waals surface area contributed by atoms with Crippen LogP contribution in [0.3, 0.4) is 0 Å². The van der Waals surface area contributed by atoms with Gasteiger partial charge in [-0.3, -0.25) is 9.36 Å². The van der Waals surface area contributed by atoms with E-state index in [4.69, 9.17) is 4.42 Å². The van der Waals surface area contributed by atoms with Gasteiger partial charge >= 0.3 is 5.69 Å². The van der Waals surface area contributed by atoms with Crippen LogP contribution in [0.4, 0.5) is 17.1 Å². The van der Waals surface area contributed by atoms with Gasteiger partial charge < -0.3 is 9.32 Å². The van der Waals surface area contributed by atoms with Crippen molar-refractivity contribution in [3.8, 4) is 55.9 Å². The Morgan fingerprint density at radius 3 is 1.76 bits per heavy atom. The molecule has 0 saturated heterocycles. The molecule has 1 aliphatic rings. The van der Waals surface area contributed by atoms with E-state index in [9.17, 15) is 9.59 Å². The highest BCUT2D eigenvalue weighted by Gasteiger charge is 2.37. The molecular weight excluding hydrogens is 871 g/mol. The molecule has 6 heteroatoms. The SMILES string of the molecule is CC1(C)c2ccccc2-c2c(N(c3ccc(-c4ccc(-n5c(=O)n(-c6cccc(-c7ccccc7)c6)c(=O)c6ccccc65)cc4)cc3)c3ccc(-c4cccc5c4oc4ccccc45)cc3)cccc21. The molecule has 12 aromatic rings. The maximum Gasteiger partial charge on any atom is 0.340 e. The van der Waals surface area contributed by atoms with E-state index in [2.05, 4.69) is 140 Å². The van der Waals surface area contributed by atoms with Gasteiger partial charge in [0.15, 0.2) is 0 Å². The van der Waals surface area contributed by atoms with Crippen molar-refractivity contribution in [3.63, 3.8) is 0 Å². The number of para-hydroxylation sites is 3. The number of anilines is 3. The lowest BCUT2D eigenvalue weighted by Crippen LogP contribution is -2.38. The topological polar surface area (TPSA) is 60.4 Å². The normalized spacial score (nSPS) is 12.6. The summed E-state index contributed by atoms with van der Waals surface area (Å²) in [5.74, 6) is 0. The number of aromatic nitrogens is 2. The van der Waals surface area contributed by atoms with Gasteiger partial charge in [-0.05, 0) is 117 Å². The van der Waals surface area contributed by atoms with Crippen LogP contribution in [0.2, 0.25) is 0 Å². The molecule has 10 aromatic carbocycles. The smallest absolute Gasteiger partial charge is 0.340 e. The monoisotopic (exact) mass is 915 g/mol. The van der Waals surface area contributed by atoms with Crippen LogP contribution in [0.1, 0.15) is 25.0 Å². The molecule has 6 nitrogen and oxygen atoms in total. The summed E-state index contributed by atoms with van der Waals surface area (Å²) in [5.41, 5.74) is 16.9. The first kappa shape index (κ1) is 41.9. The average molecular weight is 916 g/mol. The third-order valence-corrected chi connectivity index (χ3v) is 14.4. The maximum absolute atomic E-state index is 14.6. The second-order valence-corrected chi connectivity index (χ2v) is 18.8. The van der Waals surface area contributed by atoms with E-state index in [-0.39, 0.29) is 11.0 Å². The molecule has 13 rings (SSSR count). The molecule has 2 aromatic heterocycles. The van der Waals surface area contributed by atoms with Gasteiger partial charge in [0, 0.05) is 38.7 Å². The molecule has 0 N–H and O–H groups in total. The minimum absolute atomic E-state index is 0.166. The number of hydrogen-bond acceptors (Lipinski definition) is 4. The Morgan fingerprint density at radius 1 is 0.423 bits per heavy atom. The molecule has 2 heterocycles. The minimum Gasteiger partial charge on any atom is -0.455 e. The quantitative estimate of drug-likeness (QED) is 0.152. The first-order chi connectivity index (χ1) is 34.8. The van der Waals surface area contributed by atoms with Crippen molar-refractivity contribution in [2.45, 2.75) is 19.3 Å². The Balaban J connectivity index is 0.887. The Morgan fingerprint density at radius 2 is 0.986 bits per heavy atom. The zero-order valence-electron chi connectivity index (χ0n) is 39.1. The van der Waals surface area contributed by atoms with Crippen molar-refractivity contribution in [2.24, 2.45) is 0 Å². The number of nitrogens with zero attached hydrogens (tertiary/aromatic N) is 3. The fraction of sp³-hybridized carbons (Fsp3) is 0.0462. The number of furan rings is 1. The van der Waals surface area contributed by atoms with Crippen LogP contribution in [0.15, 0.2) is 251 Å². The Labute approximate surface area is 410 Å². The average Bonchev–Trinajstić information content (AvgIpc) is 3.92. The molecule has 0 amide bonds. The number of hydrogen-bond donors (Lipinski definition) is 0. The highest BCUT2D eigenvalue weighted by atomic mass is 16.3. The molecule has 0 radical (unpaired) electrons. The third-order valence-electron chi connectivity index (χ3n) is 14.4. The molecule has 0 aliphatic heterocycles. The molecule has 1 aliphatic carbocycles. The second-order valence-electron chi connectivity index (χ2n) is 18.8. The summed E-state index contributed by atoms with van der Waals surface area (Å²) in [6.45, 7) is 4.64. The molecule has 338 valence electrons. The van der Waals surface area contributed by atoms with Crippen molar-refractivity contribution in [1.29, 1.82) is 0 Å². The predicted octanol–water partition coefficient (Wildman–Crippen LogP) is 15.8. The van der Waals surface area contributed by atoms with Crippen LogP contribution in [-0.2, 0) is 5.41 Å². The van der Waals surface area contributed by atoms with Gasteiger partial charge in [-0.1, -0.05) is 178 Å². The third kappa shape index (κ3) is 6.79. The summed E-state index contributed by atoms with van der Waals surface area (Å²) < 4.78 is 9.38. The van der Waals surface area contributed by atoms with Gasteiger partial charge in [0.05, 0.1) is 28.0 Å². The van der Waals surface area contributed by atoms with Crippen molar-refractivity contribution < 1.29 is 4.42 Å². The van der Waals surface area contributed by atoms with E-state index in [0.29, 0.717) is 22.3 Å². The zero-order chi connectivity index (χ0) is 47.8. The van der Waals surface area contributed by atoms with Crippen molar-refractivity contribution in [2.75, 3.05) is 4.90 Å². The van der Waals surface area contributed by atoms with Gasteiger partial charge in [0.1, 0.15) is 11.2 Å². The summed E-state index contributed by atoms with van der Waals surface area (Å²) in [5, 5.41) is 2.67. The fourth-order valence-electron chi connectivity index (χ4n) is 10.9. The highest BCUT2D eigenvalue weighted by Crippen LogP contribution is 2.54. The standard InChI is InChI=1S/C65H45N3O3/c1-65(2)56-24-9-6-20-54(56)61-57(65)25-14-27-59(61)66(48-39-33-45(34-40-48)51-22-13-23-53-52-19-8-11-28-60(52)71-62(51)53)47-35-29-43(30-36-47)44-31-37-49(38-32-44)67-58-26-10-7-21-55(58)63(69)68(64(67)70)50-18-12-17-46(41-50)42-15-4-3-5-16-42/h3-41H,1-2H3. The van der Waals surface area contributed by atoms with Gasteiger partial charge in [-0.15, -0.1) is 0 Å². The number of rotatable bonds is 8. The lowest BCUT2D eigenvalue weighted by molar-refractivity contribution is 0.660. The van der Waals surface area contributed by atoms with E-state index in [1.54, 1.807) is 10.6 Å². The van der Waals surface area contributed by atoms with Crippen LogP contribution in [0.5, 0.6) is 0 Å². The molecule has 0 fully saturated rings. The summed E-state index contributed by atoms with van der Waals surface area (Å²) in [6, 6.07) is 80.4. The maximum atomic E-state index is 14.6. The summed E-state index contributed by atoms with van der Waals surface area (Å²) >= 11 is 0. The van der Waals surface area contributed by atoms with E-state index >= 15 is 0 Å². The first-order valence-electron chi connectivity index (χ1n) is 24.0. The minimum atomic E-state index is -0.436. The van der Waals surface area contributed by atoms with Gasteiger partial charge in [-0.2, -0.15) is 0 Å². The van der Waals surface area contributed by atoms with Crippen LogP contribution in [0, 0.1) is 0 Å². The molecule has 0 bridgehead atoms. The lowest BCUT2D eigenvalue weighted by atomic mass is 9.82. The Kier molecular flexibility index (Phi) is 9.71. The lowest BCUT2D eigenvalue weighted by Gasteiger charge is -2.29. The van der Waals surface area contributed by atoms with Crippen molar-refractivity contribution in [3.05, 3.63) is 269 Å². The molecule has 0 atom stereocenters. The molecule has 0 unspecified atom stereocenters. The van der Waals surface area contributed by atoms with E-state index in [0.717, 1.165) is 72.4 Å². The van der Waals surface area contributed by atoms with Gasteiger partial charge in [-0.25, -0.2) is 9.36 Å². The summed E-state index contributed by atoms with van der Waals surface area (Å²) in [4.78, 5) is 31.1. The second kappa shape index (κ2) is 16.5. The Bertz CT molecular complexity index is 4160. The van der Waals surface area contributed by atoms with E-state index in [1.165, 1.54) is 26.8 Å². The van der Waals surface area contributed by atoms with Gasteiger partial charge in [0.25, 0.3) is 5.56 Å². The predicted molar refractivity (Wildman–Crippen MR) is 291 cm³/mol. The van der Waals surface area contributed by atoms with Crippen LogP contribution in [-0.4, -0.2) is 9.13 Å². The Hall–Kier alpha value is -9.26. The fourth-order valence-corrected chi connectivity index (χ4v) is 10.9. The highest BCUT2D eigenvalue weighted by molar-refractivity contribution is 6.09. The van der Waals surface area contributed by atoms with Gasteiger partial charge in [0.2, 0.25) is 0 Å². The van der Waals surface area contributed by atoms with Crippen LogP contribution >= 0.6 is 0 Å². The van der Waals surface area contributed by atoms with E-state index < -0.39 is 5.69 Å². The largest absolute Gasteiger partial charge is 0.455 e. The number of benzene rings is 10. The number of fused-ring (bicyclic) bond motifs is 7.